The maximum Gasteiger partial charge on any atom is 0.245 e. The SMILES string of the molecule is C=CC(=O)N1CCC(n2nc(-c3ccc(Oc4ccccc4)cc3)c3cncnc32)CC1. The van der Waals surface area contributed by atoms with E-state index < -0.39 is 0 Å². The second kappa shape index (κ2) is 8.63. The number of para-hydroxylation sites is 1. The van der Waals surface area contributed by atoms with Gasteiger partial charge < -0.3 is 9.64 Å². The topological polar surface area (TPSA) is 73.1 Å². The first-order chi connectivity index (χ1) is 15.7. The molecule has 0 bridgehead atoms. The van der Waals surface area contributed by atoms with Crippen molar-refractivity contribution in [3.8, 4) is 22.8 Å². The van der Waals surface area contributed by atoms with Crippen LogP contribution in [0, 0.1) is 0 Å². The number of aromatic nitrogens is 4. The van der Waals surface area contributed by atoms with Crippen LogP contribution in [-0.4, -0.2) is 43.6 Å². The number of nitrogens with zero attached hydrogens (tertiary/aromatic N) is 5. The Morgan fingerprint density at radius 2 is 1.75 bits per heavy atom. The molecule has 0 radical (unpaired) electrons. The van der Waals surface area contributed by atoms with Gasteiger partial charge in [-0.25, -0.2) is 14.6 Å². The molecule has 0 spiro atoms. The molecule has 7 nitrogen and oxygen atoms in total. The molecule has 2 aromatic heterocycles. The number of fused-ring (bicyclic) bond motifs is 1. The van der Waals surface area contributed by atoms with Gasteiger partial charge in [-0.2, -0.15) is 5.10 Å². The van der Waals surface area contributed by atoms with Crippen LogP contribution in [0.5, 0.6) is 11.5 Å². The molecule has 1 aliphatic heterocycles. The van der Waals surface area contributed by atoms with Gasteiger partial charge in [-0.3, -0.25) is 4.79 Å². The summed E-state index contributed by atoms with van der Waals surface area (Å²) in [5, 5.41) is 5.85. The van der Waals surface area contributed by atoms with Gasteiger partial charge in [-0.05, 0) is 55.3 Å². The van der Waals surface area contributed by atoms with Gasteiger partial charge in [0.2, 0.25) is 5.91 Å². The van der Waals surface area contributed by atoms with Crippen LogP contribution in [0.2, 0.25) is 0 Å². The molecule has 0 aliphatic carbocycles. The van der Waals surface area contributed by atoms with Crippen molar-refractivity contribution in [1.82, 2.24) is 24.6 Å². The Morgan fingerprint density at radius 3 is 2.47 bits per heavy atom. The number of carbonyl (C=O) groups excluding carboxylic acids is 1. The lowest BCUT2D eigenvalue weighted by Crippen LogP contribution is -2.38. The number of likely N-dealkylation sites (tertiary alicyclic amines) is 1. The minimum atomic E-state index is -0.0189. The van der Waals surface area contributed by atoms with Crippen LogP contribution >= 0.6 is 0 Å². The molecule has 32 heavy (non-hydrogen) atoms. The molecule has 0 atom stereocenters. The molecule has 0 unspecified atom stereocenters. The normalized spacial score (nSPS) is 14.4. The zero-order valence-corrected chi connectivity index (χ0v) is 17.6. The Morgan fingerprint density at radius 1 is 1.03 bits per heavy atom. The summed E-state index contributed by atoms with van der Waals surface area (Å²) in [6.45, 7) is 4.95. The van der Waals surface area contributed by atoms with Gasteiger partial charge in [0.15, 0.2) is 5.65 Å². The molecule has 1 aliphatic rings. The van der Waals surface area contributed by atoms with Gasteiger partial charge >= 0.3 is 0 Å². The molecule has 1 saturated heterocycles. The number of benzene rings is 2. The van der Waals surface area contributed by atoms with E-state index in [1.807, 2.05) is 70.4 Å². The fraction of sp³-hybridized carbons (Fsp3) is 0.200. The van der Waals surface area contributed by atoms with E-state index in [4.69, 9.17) is 9.84 Å². The fourth-order valence-corrected chi connectivity index (χ4v) is 4.11. The Balaban J connectivity index is 1.42. The third-order valence-corrected chi connectivity index (χ3v) is 5.77. The van der Waals surface area contributed by atoms with E-state index in [0.29, 0.717) is 13.1 Å². The van der Waals surface area contributed by atoms with Crippen molar-refractivity contribution in [2.45, 2.75) is 18.9 Å². The quantitative estimate of drug-likeness (QED) is 0.436. The summed E-state index contributed by atoms with van der Waals surface area (Å²) in [7, 11) is 0. The summed E-state index contributed by atoms with van der Waals surface area (Å²) in [5.41, 5.74) is 2.63. The highest BCUT2D eigenvalue weighted by atomic mass is 16.5. The summed E-state index contributed by atoms with van der Waals surface area (Å²) < 4.78 is 7.90. The highest BCUT2D eigenvalue weighted by molar-refractivity contribution is 5.90. The predicted octanol–water partition coefficient (Wildman–Crippen LogP) is 4.64. The molecule has 0 saturated carbocycles. The van der Waals surface area contributed by atoms with Crippen LogP contribution < -0.4 is 4.74 Å². The Kier molecular flexibility index (Phi) is 5.37. The summed E-state index contributed by atoms with van der Waals surface area (Å²) in [5.74, 6) is 1.54. The number of ether oxygens (including phenoxy) is 1. The van der Waals surface area contributed by atoms with E-state index in [9.17, 15) is 4.79 Å². The highest BCUT2D eigenvalue weighted by Gasteiger charge is 2.26. The van der Waals surface area contributed by atoms with Crippen molar-refractivity contribution in [2.75, 3.05) is 13.1 Å². The molecule has 1 amide bonds. The molecule has 0 N–H and O–H groups in total. The van der Waals surface area contributed by atoms with Gasteiger partial charge in [-0.15, -0.1) is 0 Å². The van der Waals surface area contributed by atoms with E-state index >= 15 is 0 Å². The average Bonchev–Trinajstić information content (AvgIpc) is 3.24. The lowest BCUT2D eigenvalue weighted by molar-refractivity contribution is -0.127. The zero-order chi connectivity index (χ0) is 21.9. The van der Waals surface area contributed by atoms with E-state index in [1.54, 1.807) is 6.33 Å². The summed E-state index contributed by atoms with van der Waals surface area (Å²) in [6, 6.07) is 17.8. The van der Waals surface area contributed by atoms with Gasteiger partial charge in [0, 0.05) is 24.8 Å². The fourth-order valence-electron chi connectivity index (χ4n) is 4.11. The summed E-state index contributed by atoms with van der Waals surface area (Å²) in [6.07, 6.45) is 6.39. The number of carbonyl (C=O) groups is 1. The first kappa shape index (κ1) is 19.9. The number of rotatable bonds is 5. The molecule has 4 aromatic rings. The van der Waals surface area contributed by atoms with Crippen molar-refractivity contribution in [3.63, 3.8) is 0 Å². The van der Waals surface area contributed by atoms with E-state index in [2.05, 4.69) is 16.5 Å². The molecule has 7 heteroatoms. The van der Waals surface area contributed by atoms with Crippen LogP contribution in [0.3, 0.4) is 0 Å². The van der Waals surface area contributed by atoms with E-state index in [-0.39, 0.29) is 11.9 Å². The van der Waals surface area contributed by atoms with Gasteiger partial charge in [0.05, 0.1) is 11.4 Å². The third kappa shape index (κ3) is 3.85. The summed E-state index contributed by atoms with van der Waals surface area (Å²) >= 11 is 0. The average molecular weight is 425 g/mol. The number of amides is 1. The van der Waals surface area contributed by atoms with Crippen molar-refractivity contribution < 1.29 is 9.53 Å². The van der Waals surface area contributed by atoms with Crippen molar-refractivity contribution in [1.29, 1.82) is 0 Å². The molecule has 5 rings (SSSR count). The first-order valence-electron chi connectivity index (χ1n) is 10.7. The van der Waals surface area contributed by atoms with Crippen molar-refractivity contribution >= 4 is 16.9 Å². The van der Waals surface area contributed by atoms with Crippen LogP contribution in [0.15, 0.2) is 79.8 Å². The van der Waals surface area contributed by atoms with Crippen LogP contribution in [-0.2, 0) is 4.79 Å². The number of piperidine rings is 1. The molecule has 2 aromatic carbocycles. The number of hydrogen-bond donors (Lipinski definition) is 0. The predicted molar refractivity (Wildman–Crippen MR) is 122 cm³/mol. The molecule has 3 heterocycles. The standard InChI is InChI=1S/C25H23N5O2/c1-2-23(31)29-14-12-19(13-15-29)30-25-22(16-26-17-27-25)24(28-30)18-8-10-21(11-9-18)32-20-6-4-3-5-7-20/h2-11,16-17,19H,1,12-15H2. The van der Waals surface area contributed by atoms with E-state index in [0.717, 1.165) is 46.6 Å². The van der Waals surface area contributed by atoms with Crippen molar-refractivity contribution in [2.24, 2.45) is 0 Å². The largest absolute Gasteiger partial charge is 0.457 e. The summed E-state index contributed by atoms with van der Waals surface area (Å²) in [4.78, 5) is 22.5. The third-order valence-electron chi connectivity index (χ3n) is 5.77. The monoisotopic (exact) mass is 425 g/mol. The first-order valence-corrected chi connectivity index (χ1v) is 10.7. The maximum absolute atomic E-state index is 11.9. The van der Waals surface area contributed by atoms with Gasteiger partial charge in [0.25, 0.3) is 0 Å². The Hall–Kier alpha value is -4.00. The maximum atomic E-state index is 11.9. The highest BCUT2D eigenvalue weighted by Crippen LogP contribution is 2.33. The molecule has 160 valence electrons. The second-order valence-electron chi connectivity index (χ2n) is 7.75. The Bertz CT molecular complexity index is 1240. The minimum absolute atomic E-state index is 0.0189. The molecular weight excluding hydrogens is 402 g/mol. The second-order valence-corrected chi connectivity index (χ2v) is 7.75. The number of hydrogen-bond acceptors (Lipinski definition) is 5. The van der Waals surface area contributed by atoms with Crippen molar-refractivity contribution in [3.05, 3.63) is 79.8 Å². The lowest BCUT2D eigenvalue weighted by Gasteiger charge is -2.31. The van der Waals surface area contributed by atoms with Crippen LogP contribution in [0.1, 0.15) is 18.9 Å². The smallest absolute Gasteiger partial charge is 0.245 e. The Labute approximate surface area is 186 Å². The molecular formula is C25H23N5O2. The van der Waals surface area contributed by atoms with Gasteiger partial charge in [-0.1, -0.05) is 24.8 Å². The molecule has 1 fully saturated rings. The van der Waals surface area contributed by atoms with Crippen LogP contribution in [0.25, 0.3) is 22.3 Å². The zero-order valence-electron chi connectivity index (χ0n) is 17.6. The van der Waals surface area contributed by atoms with Gasteiger partial charge in [0.1, 0.15) is 23.5 Å². The van der Waals surface area contributed by atoms with E-state index in [1.165, 1.54) is 6.08 Å². The minimum Gasteiger partial charge on any atom is -0.457 e. The van der Waals surface area contributed by atoms with Crippen LogP contribution in [0.4, 0.5) is 0 Å². The lowest BCUT2D eigenvalue weighted by atomic mass is 10.1.